The van der Waals surface area contributed by atoms with E-state index in [0.29, 0.717) is 12.1 Å². The van der Waals surface area contributed by atoms with Crippen LogP contribution in [0.15, 0.2) is 23.1 Å². The van der Waals surface area contributed by atoms with Crippen molar-refractivity contribution in [1.29, 1.82) is 0 Å². The highest BCUT2D eigenvalue weighted by atomic mass is 16.2. The molecule has 82 valence electrons. The third-order valence-electron chi connectivity index (χ3n) is 1.93. The number of pyridine rings is 1. The molecular formula is C10H15N3O2. The first-order valence-electron chi connectivity index (χ1n) is 4.70. The lowest BCUT2D eigenvalue weighted by Gasteiger charge is -2.18. The molecule has 1 atom stereocenters. The van der Waals surface area contributed by atoms with Crippen LogP contribution in [0.1, 0.15) is 17.3 Å². The lowest BCUT2D eigenvalue weighted by atomic mass is 10.2. The number of nitrogens with two attached hydrogens (primary N) is 1. The Labute approximate surface area is 87.9 Å². The van der Waals surface area contributed by atoms with E-state index < -0.39 is 0 Å². The number of carbonyl (C=O) groups is 1. The molecule has 1 heterocycles. The maximum Gasteiger partial charge on any atom is 0.253 e. The van der Waals surface area contributed by atoms with Crippen LogP contribution in [0.5, 0.6) is 0 Å². The van der Waals surface area contributed by atoms with E-state index in [1.54, 1.807) is 13.1 Å². The summed E-state index contributed by atoms with van der Waals surface area (Å²) < 4.78 is 0. The van der Waals surface area contributed by atoms with Crippen LogP contribution in [-0.2, 0) is 0 Å². The largest absolute Gasteiger partial charge is 0.340 e. The Morgan fingerprint density at radius 2 is 2.33 bits per heavy atom. The summed E-state index contributed by atoms with van der Waals surface area (Å²) in [5.74, 6) is -0.196. The molecule has 1 amide bonds. The van der Waals surface area contributed by atoms with E-state index in [2.05, 4.69) is 4.98 Å². The van der Waals surface area contributed by atoms with Gasteiger partial charge in [-0.2, -0.15) is 0 Å². The molecule has 0 spiro atoms. The summed E-state index contributed by atoms with van der Waals surface area (Å²) in [5.41, 5.74) is 5.67. The van der Waals surface area contributed by atoms with E-state index in [-0.39, 0.29) is 17.5 Å². The molecule has 1 aromatic heterocycles. The zero-order chi connectivity index (χ0) is 11.4. The monoisotopic (exact) mass is 209 g/mol. The second kappa shape index (κ2) is 4.75. The van der Waals surface area contributed by atoms with Crippen molar-refractivity contribution in [3.05, 3.63) is 34.2 Å². The van der Waals surface area contributed by atoms with Gasteiger partial charge in [0, 0.05) is 37.5 Å². The number of nitrogens with one attached hydrogen (secondary N) is 1. The van der Waals surface area contributed by atoms with E-state index in [9.17, 15) is 9.59 Å². The zero-order valence-electron chi connectivity index (χ0n) is 8.86. The number of rotatable bonds is 3. The first-order valence-corrected chi connectivity index (χ1v) is 4.70. The highest BCUT2D eigenvalue weighted by Crippen LogP contribution is 1.99. The first kappa shape index (κ1) is 11.5. The molecule has 0 saturated carbocycles. The second-order valence-corrected chi connectivity index (χ2v) is 3.60. The van der Waals surface area contributed by atoms with Crippen molar-refractivity contribution in [2.24, 2.45) is 5.73 Å². The van der Waals surface area contributed by atoms with Crippen molar-refractivity contribution >= 4 is 5.91 Å². The summed E-state index contributed by atoms with van der Waals surface area (Å²) in [5, 5.41) is 0. The molecule has 15 heavy (non-hydrogen) atoms. The quantitative estimate of drug-likeness (QED) is 0.723. The lowest BCUT2D eigenvalue weighted by molar-refractivity contribution is 0.0788. The van der Waals surface area contributed by atoms with Crippen molar-refractivity contribution < 1.29 is 4.79 Å². The molecule has 0 aromatic carbocycles. The maximum absolute atomic E-state index is 11.7. The van der Waals surface area contributed by atoms with Crippen molar-refractivity contribution in [2.75, 3.05) is 13.6 Å². The Kier molecular flexibility index (Phi) is 3.62. The van der Waals surface area contributed by atoms with Gasteiger partial charge < -0.3 is 15.6 Å². The van der Waals surface area contributed by atoms with Gasteiger partial charge in [-0.1, -0.05) is 0 Å². The number of nitrogens with zero attached hydrogens (tertiary/aromatic N) is 1. The minimum absolute atomic E-state index is 0.0825. The van der Waals surface area contributed by atoms with Crippen LogP contribution in [-0.4, -0.2) is 35.4 Å². The van der Waals surface area contributed by atoms with Gasteiger partial charge in [0.1, 0.15) is 0 Å². The molecule has 5 heteroatoms. The van der Waals surface area contributed by atoms with Gasteiger partial charge >= 0.3 is 0 Å². The molecule has 1 rings (SSSR count). The van der Waals surface area contributed by atoms with E-state index in [1.165, 1.54) is 17.2 Å². The Bertz CT molecular complexity index is 398. The van der Waals surface area contributed by atoms with Gasteiger partial charge in [0.05, 0.1) is 0 Å². The standard InChI is InChI=1S/C10H15N3O2/c1-7(11)6-13(2)10(15)8-3-4-12-9(14)5-8/h3-5,7H,6,11H2,1-2H3,(H,12,14). The molecule has 1 unspecified atom stereocenters. The zero-order valence-corrected chi connectivity index (χ0v) is 8.86. The van der Waals surface area contributed by atoms with Gasteiger partial charge in [0.25, 0.3) is 5.91 Å². The fourth-order valence-corrected chi connectivity index (χ4v) is 1.31. The van der Waals surface area contributed by atoms with Gasteiger partial charge in [0.2, 0.25) is 5.56 Å². The summed E-state index contributed by atoms with van der Waals surface area (Å²) in [6.07, 6.45) is 1.45. The number of hydrogen-bond donors (Lipinski definition) is 2. The maximum atomic E-state index is 11.7. The van der Waals surface area contributed by atoms with Crippen LogP contribution in [0.4, 0.5) is 0 Å². The van der Waals surface area contributed by atoms with Crippen LogP contribution in [0.25, 0.3) is 0 Å². The molecule has 0 bridgehead atoms. The number of amides is 1. The molecule has 0 aliphatic heterocycles. The smallest absolute Gasteiger partial charge is 0.253 e. The first-order chi connectivity index (χ1) is 7.00. The number of carbonyl (C=O) groups excluding carboxylic acids is 1. The Hall–Kier alpha value is -1.62. The number of aromatic amines is 1. The highest BCUT2D eigenvalue weighted by molar-refractivity contribution is 5.93. The molecule has 0 aliphatic rings. The van der Waals surface area contributed by atoms with Crippen molar-refractivity contribution in [3.8, 4) is 0 Å². The van der Waals surface area contributed by atoms with Crippen LogP contribution in [0, 0.1) is 0 Å². The number of aromatic nitrogens is 1. The second-order valence-electron chi connectivity index (χ2n) is 3.60. The highest BCUT2D eigenvalue weighted by Gasteiger charge is 2.12. The molecule has 5 nitrogen and oxygen atoms in total. The third kappa shape index (κ3) is 3.21. The molecule has 0 radical (unpaired) electrons. The molecule has 0 aliphatic carbocycles. The van der Waals surface area contributed by atoms with E-state index in [4.69, 9.17) is 5.73 Å². The minimum atomic E-state index is -0.282. The Morgan fingerprint density at radius 1 is 1.67 bits per heavy atom. The van der Waals surface area contributed by atoms with Gasteiger partial charge in [-0.15, -0.1) is 0 Å². The number of hydrogen-bond acceptors (Lipinski definition) is 3. The van der Waals surface area contributed by atoms with Crippen LogP contribution < -0.4 is 11.3 Å². The van der Waals surface area contributed by atoms with Crippen molar-refractivity contribution in [3.63, 3.8) is 0 Å². The molecule has 0 saturated heterocycles. The third-order valence-corrected chi connectivity index (χ3v) is 1.93. The van der Waals surface area contributed by atoms with E-state index in [0.717, 1.165) is 0 Å². The fraction of sp³-hybridized carbons (Fsp3) is 0.400. The average molecular weight is 209 g/mol. The lowest BCUT2D eigenvalue weighted by Crippen LogP contribution is -2.37. The summed E-state index contributed by atoms with van der Waals surface area (Å²) in [7, 11) is 1.66. The van der Waals surface area contributed by atoms with Crippen LogP contribution >= 0.6 is 0 Å². The Morgan fingerprint density at radius 3 is 2.87 bits per heavy atom. The predicted molar refractivity (Wildman–Crippen MR) is 57.7 cm³/mol. The topological polar surface area (TPSA) is 79.2 Å². The summed E-state index contributed by atoms with van der Waals surface area (Å²) in [6, 6.07) is 2.77. The summed E-state index contributed by atoms with van der Waals surface area (Å²) in [6.45, 7) is 2.28. The minimum Gasteiger partial charge on any atom is -0.340 e. The van der Waals surface area contributed by atoms with Gasteiger partial charge in [-0.25, -0.2) is 0 Å². The van der Waals surface area contributed by atoms with Crippen LogP contribution in [0.2, 0.25) is 0 Å². The molecular weight excluding hydrogens is 194 g/mol. The van der Waals surface area contributed by atoms with Crippen molar-refractivity contribution in [2.45, 2.75) is 13.0 Å². The fourth-order valence-electron chi connectivity index (χ4n) is 1.31. The molecule has 0 fully saturated rings. The number of H-pyrrole nitrogens is 1. The summed E-state index contributed by atoms with van der Waals surface area (Å²) in [4.78, 5) is 26.7. The van der Waals surface area contributed by atoms with Gasteiger partial charge in [-0.3, -0.25) is 9.59 Å². The number of likely N-dealkylation sites (N-methyl/N-ethyl adjacent to an activating group) is 1. The normalized spacial score (nSPS) is 12.2. The van der Waals surface area contributed by atoms with E-state index >= 15 is 0 Å². The van der Waals surface area contributed by atoms with Crippen LogP contribution in [0.3, 0.4) is 0 Å². The predicted octanol–water partition coefficient (Wildman–Crippen LogP) is -0.206. The van der Waals surface area contributed by atoms with Crippen molar-refractivity contribution in [1.82, 2.24) is 9.88 Å². The average Bonchev–Trinajstić information content (AvgIpc) is 2.15. The molecule has 3 N–H and O–H groups in total. The molecule has 1 aromatic rings. The Balaban J connectivity index is 2.80. The summed E-state index contributed by atoms with van der Waals surface area (Å²) >= 11 is 0. The van der Waals surface area contributed by atoms with Gasteiger partial charge in [-0.05, 0) is 13.0 Å². The SMILES string of the molecule is CC(N)CN(C)C(=O)c1cc[nH]c(=O)c1. The van der Waals surface area contributed by atoms with E-state index in [1.807, 2.05) is 6.92 Å². The van der Waals surface area contributed by atoms with Gasteiger partial charge in [0.15, 0.2) is 0 Å².